The van der Waals surface area contributed by atoms with Gasteiger partial charge in [-0.25, -0.2) is 4.79 Å². The topological polar surface area (TPSA) is 83.5 Å². The van der Waals surface area contributed by atoms with Gasteiger partial charge in [-0.3, -0.25) is 9.59 Å². The third-order valence-corrected chi connectivity index (χ3v) is 8.03. The maximum absolute atomic E-state index is 12.7. The second-order valence-electron chi connectivity index (χ2n) is 4.90. The molecule has 0 aliphatic carbocycles. The van der Waals surface area contributed by atoms with Crippen LogP contribution in [0.3, 0.4) is 0 Å². The number of halogens is 4. The van der Waals surface area contributed by atoms with Gasteiger partial charge in [-0.15, -0.1) is 0 Å². The number of carboxylic acid groups (broad SMARTS) is 1. The fourth-order valence-corrected chi connectivity index (χ4v) is 4.50. The highest BCUT2D eigenvalue weighted by Crippen LogP contribution is 2.42. The molecule has 9 heteroatoms. The fraction of sp³-hybridized carbons (Fsp3) is 0.0625. The van der Waals surface area contributed by atoms with Crippen molar-refractivity contribution in [2.24, 2.45) is 0 Å². The fourth-order valence-electron chi connectivity index (χ4n) is 2.03. The quantitative estimate of drug-likeness (QED) is 0.261. The van der Waals surface area contributed by atoms with Crippen molar-refractivity contribution in [3.05, 3.63) is 58.8 Å². The van der Waals surface area contributed by atoms with Crippen LogP contribution in [0.1, 0.15) is 38.0 Å². The van der Waals surface area contributed by atoms with E-state index in [2.05, 4.69) is 69.0 Å². The van der Waals surface area contributed by atoms with E-state index in [1.54, 1.807) is 24.3 Å². The largest absolute Gasteiger partial charge is 0.478 e. The number of amides is 1. The average Bonchev–Trinajstić information content (AvgIpc) is 2.55. The molecule has 0 radical (unpaired) electrons. The number of carbonyl (C=O) groups excluding carboxylic acids is 2. The first-order valence-corrected chi connectivity index (χ1v) is 9.84. The van der Waals surface area contributed by atoms with Gasteiger partial charge in [0.15, 0.2) is 5.78 Å². The van der Waals surface area contributed by atoms with Crippen molar-refractivity contribution < 1.29 is 19.5 Å². The Morgan fingerprint density at radius 1 is 0.840 bits per heavy atom. The summed E-state index contributed by atoms with van der Waals surface area (Å²) in [6, 6.07) is 6.31. The summed E-state index contributed by atoms with van der Waals surface area (Å²) in [6.07, 6.45) is 0. The molecule has 0 saturated heterocycles. The molecule has 2 aromatic carbocycles. The van der Waals surface area contributed by atoms with Gasteiger partial charge in [0.2, 0.25) is 0 Å². The molecule has 2 aromatic rings. The van der Waals surface area contributed by atoms with Crippen molar-refractivity contribution in [3.8, 4) is 0 Å². The molecule has 0 saturated carbocycles. The lowest BCUT2D eigenvalue weighted by atomic mass is 10.1. The molecule has 0 aliphatic heterocycles. The molecule has 0 bridgehead atoms. The normalized spacial score (nSPS) is 10.4. The van der Waals surface area contributed by atoms with E-state index in [9.17, 15) is 19.5 Å². The summed E-state index contributed by atoms with van der Waals surface area (Å²) in [5.74, 6) is -1.94. The molecule has 5 nitrogen and oxygen atoms in total. The maximum atomic E-state index is 12.7. The highest BCUT2D eigenvalue weighted by molar-refractivity contribution is 9.15. The van der Waals surface area contributed by atoms with Crippen molar-refractivity contribution in [3.63, 3.8) is 0 Å². The van der Waals surface area contributed by atoms with Gasteiger partial charge >= 0.3 is 5.97 Å². The van der Waals surface area contributed by atoms with Gasteiger partial charge in [-0.2, -0.15) is 0 Å². The number of hydrogen-bond acceptors (Lipinski definition) is 3. The van der Waals surface area contributed by atoms with Crippen molar-refractivity contribution in [2.75, 3.05) is 5.32 Å². The number of hydrogen-bond donors (Lipinski definition) is 2. The summed E-state index contributed by atoms with van der Waals surface area (Å²) >= 11 is 13.0. The minimum Gasteiger partial charge on any atom is -0.478 e. The molecular weight excluding hydrogens is 590 g/mol. The van der Waals surface area contributed by atoms with Crippen LogP contribution in [0.2, 0.25) is 0 Å². The standard InChI is InChI=1S/C16H9Br4NO4/c1-6(22)7-2-4-8(5-3-7)21-15(23)9-10(16(24)25)12(18)14(20)13(19)11(9)17/h2-5H,1H3,(H,21,23)(H,24,25). The molecule has 2 rings (SSSR count). The van der Waals surface area contributed by atoms with Crippen LogP contribution < -0.4 is 5.32 Å². The van der Waals surface area contributed by atoms with Crippen molar-refractivity contribution in [2.45, 2.75) is 6.92 Å². The molecule has 130 valence electrons. The summed E-state index contributed by atoms with van der Waals surface area (Å²) in [6.45, 7) is 1.45. The highest BCUT2D eigenvalue weighted by atomic mass is 79.9. The van der Waals surface area contributed by atoms with Crippen molar-refractivity contribution in [1.29, 1.82) is 0 Å². The van der Waals surface area contributed by atoms with Crippen LogP contribution in [0.5, 0.6) is 0 Å². The van der Waals surface area contributed by atoms with Crippen LogP contribution in [0.4, 0.5) is 5.69 Å². The Kier molecular flexibility index (Phi) is 6.58. The lowest BCUT2D eigenvalue weighted by Crippen LogP contribution is -2.18. The minimum atomic E-state index is -1.25. The molecule has 2 N–H and O–H groups in total. The van der Waals surface area contributed by atoms with Gasteiger partial charge in [-0.1, -0.05) is 0 Å². The smallest absolute Gasteiger partial charge is 0.337 e. The molecule has 0 spiro atoms. The van der Waals surface area contributed by atoms with Gasteiger partial charge in [0.1, 0.15) is 0 Å². The Hall–Kier alpha value is -1.03. The van der Waals surface area contributed by atoms with E-state index in [4.69, 9.17) is 0 Å². The number of Topliss-reactive ketones (excluding diaryl/α,β-unsaturated/α-hetero) is 1. The molecule has 0 aromatic heterocycles. The molecular formula is C16H9Br4NO4. The summed E-state index contributed by atoms with van der Waals surface area (Å²) in [5.41, 5.74) is 0.734. The third kappa shape index (κ3) is 4.21. The molecule has 1 amide bonds. The first-order chi connectivity index (χ1) is 11.6. The van der Waals surface area contributed by atoms with E-state index in [0.29, 0.717) is 24.7 Å². The molecule has 0 fully saturated rings. The van der Waals surface area contributed by atoms with E-state index in [-0.39, 0.29) is 21.4 Å². The third-order valence-electron chi connectivity index (χ3n) is 3.26. The maximum Gasteiger partial charge on any atom is 0.337 e. The lowest BCUT2D eigenvalue weighted by molar-refractivity contribution is 0.0691. The zero-order valence-electron chi connectivity index (χ0n) is 12.5. The highest BCUT2D eigenvalue weighted by Gasteiger charge is 2.27. The van der Waals surface area contributed by atoms with E-state index < -0.39 is 11.9 Å². The van der Waals surface area contributed by atoms with Crippen molar-refractivity contribution >= 4 is 87.1 Å². The Bertz CT molecular complexity index is 894. The predicted molar refractivity (Wildman–Crippen MR) is 109 cm³/mol. The molecule has 0 heterocycles. The summed E-state index contributed by atoms with van der Waals surface area (Å²) in [4.78, 5) is 35.6. The van der Waals surface area contributed by atoms with E-state index in [1.807, 2.05) is 0 Å². The zero-order valence-corrected chi connectivity index (χ0v) is 18.8. The van der Waals surface area contributed by atoms with E-state index in [1.165, 1.54) is 6.92 Å². The van der Waals surface area contributed by atoms with Crippen LogP contribution in [0, 0.1) is 0 Å². The van der Waals surface area contributed by atoms with Crippen LogP contribution in [-0.2, 0) is 0 Å². The van der Waals surface area contributed by atoms with Gasteiger partial charge < -0.3 is 10.4 Å². The second kappa shape index (κ2) is 8.11. The minimum absolute atomic E-state index is 0.0369. The zero-order chi connectivity index (χ0) is 18.9. The van der Waals surface area contributed by atoms with Crippen molar-refractivity contribution in [1.82, 2.24) is 0 Å². The van der Waals surface area contributed by atoms with Crippen LogP contribution in [-0.4, -0.2) is 22.8 Å². The van der Waals surface area contributed by atoms with Crippen LogP contribution in [0.15, 0.2) is 42.2 Å². The van der Waals surface area contributed by atoms with Gasteiger partial charge in [-0.05, 0) is 94.9 Å². The molecule has 0 aliphatic rings. The number of anilines is 1. The number of nitrogens with one attached hydrogen (secondary N) is 1. The summed E-state index contributed by atoms with van der Waals surface area (Å²) in [7, 11) is 0. The first-order valence-electron chi connectivity index (χ1n) is 6.66. The Morgan fingerprint density at radius 2 is 1.32 bits per heavy atom. The number of carboxylic acids is 1. The van der Waals surface area contributed by atoms with Gasteiger partial charge in [0.25, 0.3) is 5.91 Å². The Labute approximate surface area is 176 Å². The monoisotopic (exact) mass is 595 g/mol. The van der Waals surface area contributed by atoms with E-state index >= 15 is 0 Å². The molecule has 25 heavy (non-hydrogen) atoms. The lowest BCUT2D eigenvalue weighted by Gasteiger charge is -2.15. The number of aromatic carboxylic acids is 1. The predicted octanol–water partition coefficient (Wildman–Crippen LogP) is 5.89. The first kappa shape index (κ1) is 20.3. The number of benzene rings is 2. The van der Waals surface area contributed by atoms with Gasteiger partial charge in [0.05, 0.1) is 11.1 Å². The number of carbonyl (C=O) groups is 3. The second-order valence-corrected chi connectivity index (χ2v) is 8.07. The summed E-state index contributed by atoms with van der Waals surface area (Å²) < 4.78 is 1.52. The molecule has 0 unspecified atom stereocenters. The Balaban J connectivity index is 2.48. The number of ketones is 1. The number of rotatable bonds is 4. The summed E-state index contributed by atoms with van der Waals surface area (Å²) in [5, 5.41) is 12.1. The average molecular weight is 599 g/mol. The van der Waals surface area contributed by atoms with E-state index in [0.717, 1.165) is 0 Å². The van der Waals surface area contributed by atoms with Crippen LogP contribution in [0.25, 0.3) is 0 Å². The van der Waals surface area contributed by atoms with Crippen LogP contribution >= 0.6 is 63.7 Å². The molecule has 0 atom stereocenters. The SMILES string of the molecule is CC(=O)c1ccc(NC(=O)c2c(Br)c(Br)c(Br)c(Br)c2C(=O)O)cc1. The Morgan fingerprint density at radius 3 is 1.76 bits per heavy atom. The van der Waals surface area contributed by atoms with Gasteiger partial charge in [0, 0.05) is 29.1 Å².